The molecule has 0 bridgehead atoms. The molecular formula is C7H14N4O. The fraction of sp³-hybridized carbons (Fsp3) is 0.714. The second-order valence-electron chi connectivity index (χ2n) is 2.44. The van der Waals surface area contributed by atoms with Crippen molar-refractivity contribution in [3.05, 3.63) is 11.4 Å². The molecule has 0 fully saturated rings. The van der Waals surface area contributed by atoms with Crippen molar-refractivity contribution in [1.29, 1.82) is 0 Å². The molecule has 0 amide bonds. The number of hydrogen-bond donors (Lipinski definition) is 1. The Morgan fingerprint density at radius 2 is 2.33 bits per heavy atom. The van der Waals surface area contributed by atoms with Gasteiger partial charge in [-0.1, -0.05) is 5.21 Å². The maximum atomic E-state index is 5.48. The first-order valence-corrected chi connectivity index (χ1v) is 3.93. The highest BCUT2D eigenvalue weighted by Crippen LogP contribution is 2.05. The van der Waals surface area contributed by atoms with E-state index < -0.39 is 0 Å². The molecule has 0 radical (unpaired) electrons. The maximum Gasteiger partial charge on any atom is 0.102 e. The van der Waals surface area contributed by atoms with Gasteiger partial charge in [0.15, 0.2) is 0 Å². The Kier molecular flexibility index (Phi) is 3.19. The second-order valence-corrected chi connectivity index (χ2v) is 2.44. The normalized spacial score (nSPS) is 10.6. The lowest BCUT2D eigenvalue weighted by atomic mass is 10.3. The van der Waals surface area contributed by atoms with Crippen LogP contribution in [0.25, 0.3) is 0 Å². The third-order valence-corrected chi connectivity index (χ3v) is 1.69. The van der Waals surface area contributed by atoms with Crippen molar-refractivity contribution in [2.45, 2.75) is 26.6 Å². The van der Waals surface area contributed by atoms with Crippen LogP contribution in [0.3, 0.4) is 0 Å². The highest BCUT2D eigenvalue weighted by Gasteiger charge is 2.08. The van der Waals surface area contributed by atoms with Crippen molar-refractivity contribution in [2.75, 3.05) is 7.11 Å². The van der Waals surface area contributed by atoms with E-state index in [0.29, 0.717) is 13.2 Å². The first-order valence-electron chi connectivity index (χ1n) is 3.93. The summed E-state index contributed by atoms with van der Waals surface area (Å²) >= 11 is 0. The van der Waals surface area contributed by atoms with Crippen LogP contribution in [0.4, 0.5) is 0 Å². The van der Waals surface area contributed by atoms with Gasteiger partial charge in [0.2, 0.25) is 0 Å². The maximum absolute atomic E-state index is 5.48. The van der Waals surface area contributed by atoms with Crippen LogP contribution in [0.15, 0.2) is 0 Å². The van der Waals surface area contributed by atoms with E-state index in [-0.39, 0.29) is 0 Å². The molecule has 2 N–H and O–H groups in total. The highest BCUT2D eigenvalue weighted by molar-refractivity contribution is 5.08. The molecule has 68 valence electrons. The average Bonchev–Trinajstić information content (AvgIpc) is 2.48. The number of hydrogen-bond acceptors (Lipinski definition) is 4. The quantitative estimate of drug-likeness (QED) is 0.685. The van der Waals surface area contributed by atoms with Crippen LogP contribution >= 0.6 is 0 Å². The molecule has 1 aromatic heterocycles. The van der Waals surface area contributed by atoms with Gasteiger partial charge in [-0.15, -0.1) is 5.10 Å². The van der Waals surface area contributed by atoms with E-state index in [1.807, 2.05) is 6.92 Å². The van der Waals surface area contributed by atoms with Gasteiger partial charge in [-0.2, -0.15) is 0 Å². The lowest BCUT2D eigenvalue weighted by Gasteiger charge is -2.02. The molecule has 12 heavy (non-hydrogen) atoms. The Labute approximate surface area is 71.5 Å². The van der Waals surface area contributed by atoms with Gasteiger partial charge in [0.05, 0.1) is 12.3 Å². The van der Waals surface area contributed by atoms with Gasteiger partial charge in [-0.3, -0.25) is 0 Å². The van der Waals surface area contributed by atoms with E-state index in [2.05, 4.69) is 10.3 Å². The number of aromatic nitrogens is 3. The van der Waals surface area contributed by atoms with Crippen LogP contribution in [0.2, 0.25) is 0 Å². The molecule has 1 rings (SSSR count). The smallest absolute Gasteiger partial charge is 0.102 e. The largest absolute Gasteiger partial charge is 0.378 e. The Bertz CT molecular complexity index is 224. The molecule has 0 saturated heterocycles. The van der Waals surface area contributed by atoms with Crippen LogP contribution in [-0.2, 0) is 24.4 Å². The molecule has 1 heterocycles. The predicted octanol–water partition coefficient (Wildman–Crippen LogP) is -0.0969. The lowest BCUT2D eigenvalue weighted by Crippen LogP contribution is -2.07. The third kappa shape index (κ3) is 1.62. The van der Waals surface area contributed by atoms with E-state index in [9.17, 15) is 0 Å². The van der Waals surface area contributed by atoms with Gasteiger partial charge in [0.25, 0.3) is 0 Å². The monoisotopic (exact) mass is 170 g/mol. The summed E-state index contributed by atoms with van der Waals surface area (Å²) in [6, 6.07) is 0. The first kappa shape index (κ1) is 9.15. The number of aryl methyl sites for hydroxylation is 1. The van der Waals surface area contributed by atoms with Crippen molar-refractivity contribution in [3.63, 3.8) is 0 Å². The zero-order valence-electron chi connectivity index (χ0n) is 7.45. The minimum Gasteiger partial charge on any atom is -0.378 e. The molecule has 0 saturated carbocycles. The molecule has 5 nitrogen and oxygen atoms in total. The number of methoxy groups -OCH3 is 1. The molecule has 0 aliphatic heterocycles. The third-order valence-electron chi connectivity index (χ3n) is 1.69. The molecule has 0 atom stereocenters. The van der Waals surface area contributed by atoms with Gasteiger partial charge >= 0.3 is 0 Å². The predicted molar refractivity (Wildman–Crippen MR) is 44.3 cm³/mol. The van der Waals surface area contributed by atoms with Crippen molar-refractivity contribution in [3.8, 4) is 0 Å². The SMILES string of the molecule is CCn1nnc(CN)c1COC. The van der Waals surface area contributed by atoms with Crippen LogP contribution in [0.5, 0.6) is 0 Å². The van der Waals surface area contributed by atoms with E-state index in [4.69, 9.17) is 10.5 Å². The molecule has 1 aromatic rings. The van der Waals surface area contributed by atoms with E-state index in [1.165, 1.54) is 0 Å². The zero-order chi connectivity index (χ0) is 8.97. The summed E-state index contributed by atoms with van der Waals surface area (Å²) in [6.45, 7) is 3.74. The molecule has 5 heteroatoms. The summed E-state index contributed by atoms with van der Waals surface area (Å²) in [5, 5.41) is 7.86. The lowest BCUT2D eigenvalue weighted by molar-refractivity contribution is 0.176. The Morgan fingerprint density at radius 1 is 1.58 bits per heavy atom. The summed E-state index contributed by atoms with van der Waals surface area (Å²) in [4.78, 5) is 0. The number of nitrogens with two attached hydrogens (primary N) is 1. The highest BCUT2D eigenvalue weighted by atomic mass is 16.5. The topological polar surface area (TPSA) is 66.0 Å². The minimum atomic E-state index is 0.415. The van der Waals surface area contributed by atoms with Crippen LogP contribution < -0.4 is 5.73 Å². The molecule has 0 aromatic carbocycles. The van der Waals surface area contributed by atoms with E-state index in [0.717, 1.165) is 17.9 Å². The van der Waals surface area contributed by atoms with Gasteiger partial charge in [0.1, 0.15) is 5.69 Å². The van der Waals surface area contributed by atoms with Crippen LogP contribution in [-0.4, -0.2) is 22.1 Å². The van der Waals surface area contributed by atoms with Gasteiger partial charge in [-0.25, -0.2) is 4.68 Å². The fourth-order valence-corrected chi connectivity index (χ4v) is 1.08. The van der Waals surface area contributed by atoms with Crippen LogP contribution in [0.1, 0.15) is 18.3 Å². The summed E-state index contributed by atoms with van der Waals surface area (Å²) in [5.74, 6) is 0. The standard InChI is InChI=1S/C7H14N4O/c1-3-11-7(5-12-2)6(4-8)9-10-11/h3-5,8H2,1-2H3. The summed E-state index contributed by atoms with van der Waals surface area (Å²) in [6.07, 6.45) is 0. The van der Waals surface area contributed by atoms with Crippen molar-refractivity contribution in [1.82, 2.24) is 15.0 Å². The number of rotatable bonds is 4. The van der Waals surface area contributed by atoms with Crippen molar-refractivity contribution < 1.29 is 4.74 Å². The Hall–Kier alpha value is -0.940. The zero-order valence-corrected chi connectivity index (χ0v) is 7.45. The van der Waals surface area contributed by atoms with Gasteiger partial charge in [-0.05, 0) is 6.92 Å². The summed E-state index contributed by atoms with van der Waals surface area (Å²) in [5.41, 5.74) is 7.27. The molecule has 0 unspecified atom stereocenters. The fourth-order valence-electron chi connectivity index (χ4n) is 1.08. The first-order chi connectivity index (χ1) is 5.83. The van der Waals surface area contributed by atoms with Crippen molar-refractivity contribution in [2.24, 2.45) is 5.73 Å². The molecule has 0 aliphatic rings. The summed E-state index contributed by atoms with van der Waals surface area (Å²) in [7, 11) is 1.65. The summed E-state index contributed by atoms with van der Waals surface area (Å²) < 4.78 is 6.81. The average molecular weight is 170 g/mol. The van der Waals surface area contributed by atoms with Crippen LogP contribution in [0, 0.1) is 0 Å². The number of ether oxygens (including phenoxy) is 1. The molecule has 0 spiro atoms. The molecular weight excluding hydrogens is 156 g/mol. The Balaban J connectivity index is 2.90. The van der Waals surface area contributed by atoms with Gasteiger partial charge in [0, 0.05) is 20.2 Å². The second kappa shape index (κ2) is 4.18. The van der Waals surface area contributed by atoms with Gasteiger partial charge < -0.3 is 10.5 Å². The number of nitrogens with zero attached hydrogens (tertiary/aromatic N) is 3. The molecule has 0 aliphatic carbocycles. The van der Waals surface area contributed by atoms with Crippen molar-refractivity contribution >= 4 is 0 Å². The van der Waals surface area contributed by atoms with E-state index >= 15 is 0 Å². The minimum absolute atomic E-state index is 0.415. The Morgan fingerprint density at radius 3 is 2.83 bits per heavy atom. The van der Waals surface area contributed by atoms with E-state index in [1.54, 1.807) is 11.8 Å².